The molecule has 0 bridgehead atoms. The predicted octanol–water partition coefficient (Wildman–Crippen LogP) is 8.68. The molecule has 0 fully saturated rings. The van der Waals surface area contributed by atoms with E-state index in [1.807, 2.05) is 12.2 Å². The lowest BCUT2D eigenvalue weighted by molar-refractivity contribution is 0.490. The van der Waals surface area contributed by atoms with Crippen molar-refractivity contribution >= 4 is 33.4 Å². The number of aliphatic imine (C=N–C) groups is 2. The summed E-state index contributed by atoms with van der Waals surface area (Å²) < 4.78 is 6.35. The van der Waals surface area contributed by atoms with Crippen LogP contribution in [0.3, 0.4) is 0 Å². The molecular weight excluding hydrogens is 452 g/mol. The van der Waals surface area contributed by atoms with Gasteiger partial charge in [-0.05, 0) is 71.9 Å². The van der Waals surface area contributed by atoms with Gasteiger partial charge in [-0.1, -0.05) is 63.9 Å². The highest BCUT2D eigenvalue weighted by Gasteiger charge is 2.31. The monoisotopic (exact) mass is 484 g/mol. The highest BCUT2D eigenvalue weighted by molar-refractivity contribution is 6.14. The first-order valence-electron chi connectivity index (χ1n) is 13.1. The summed E-state index contributed by atoms with van der Waals surface area (Å²) in [6.45, 7) is 16.9. The summed E-state index contributed by atoms with van der Waals surface area (Å²) in [4.78, 5) is 10.1. The van der Waals surface area contributed by atoms with Gasteiger partial charge < -0.3 is 4.42 Å². The fourth-order valence-corrected chi connectivity index (χ4v) is 5.97. The first kappa shape index (κ1) is 23.4. The van der Waals surface area contributed by atoms with Gasteiger partial charge in [-0.2, -0.15) is 0 Å². The topological polar surface area (TPSA) is 37.9 Å². The van der Waals surface area contributed by atoms with E-state index >= 15 is 0 Å². The normalized spacial score (nSPS) is 21.0. The van der Waals surface area contributed by atoms with Crippen LogP contribution >= 0.6 is 0 Å². The van der Waals surface area contributed by atoms with Crippen molar-refractivity contribution < 1.29 is 4.42 Å². The molecular formula is C34H32N2O. The molecule has 3 nitrogen and oxygen atoms in total. The summed E-state index contributed by atoms with van der Waals surface area (Å²) in [6, 6.07) is 19.7. The van der Waals surface area contributed by atoms with Crippen molar-refractivity contribution in [3.8, 4) is 0 Å². The molecule has 3 heteroatoms. The van der Waals surface area contributed by atoms with Crippen LogP contribution in [0.5, 0.6) is 0 Å². The zero-order valence-electron chi connectivity index (χ0n) is 21.6. The van der Waals surface area contributed by atoms with Crippen molar-refractivity contribution in [2.75, 3.05) is 0 Å². The zero-order valence-corrected chi connectivity index (χ0v) is 21.6. The van der Waals surface area contributed by atoms with Gasteiger partial charge in [0.05, 0.1) is 17.5 Å². The molecule has 2 aliphatic heterocycles. The van der Waals surface area contributed by atoms with Gasteiger partial charge in [0.2, 0.25) is 0 Å². The Kier molecular flexibility index (Phi) is 5.79. The second kappa shape index (κ2) is 9.15. The van der Waals surface area contributed by atoms with Crippen LogP contribution in [0.25, 0.3) is 21.9 Å². The molecule has 3 heterocycles. The summed E-state index contributed by atoms with van der Waals surface area (Å²) in [5.41, 5.74) is 10.6. The number of nitrogens with zero attached hydrogens (tertiary/aromatic N) is 2. The minimum atomic E-state index is 0.0798. The maximum absolute atomic E-state index is 6.35. The highest BCUT2D eigenvalue weighted by Crippen LogP contribution is 2.40. The number of aryl methyl sites for hydroxylation is 1. The first-order chi connectivity index (χ1) is 18.0. The van der Waals surface area contributed by atoms with Crippen molar-refractivity contribution in [3.05, 3.63) is 120 Å². The second-order valence-electron chi connectivity index (χ2n) is 10.5. The van der Waals surface area contributed by atoms with Crippen LogP contribution in [0.1, 0.15) is 66.3 Å². The maximum Gasteiger partial charge on any atom is 0.135 e. The van der Waals surface area contributed by atoms with Gasteiger partial charge in [-0.15, -0.1) is 0 Å². The van der Waals surface area contributed by atoms with Crippen molar-refractivity contribution in [1.82, 2.24) is 0 Å². The Morgan fingerprint density at radius 1 is 0.919 bits per heavy atom. The van der Waals surface area contributed by atoms with Crippen molar-refractivity contribution in [2.24, 2.45) is 9.98 Å². The molecule has 0 N–H and O–H groups in total. The van der Waals surface area contributed by atoms with E-state index in [0.717, 1.165) is 57.5 Å². The average molecular weight is 485 g/mol. The van der Waals surface area contributed by atoms with E-state index < -0.39 is 0 Å². The number of furan rings is 1. The Labute approximate surface area is 218 Å². The Hall–Kier alpha value is -3.98. The highest BCUT2D eigenvalue weighted by atomic mass is 16.3. The van der Waals surface area contributed by atoms with Crippen LogP contribution in [0.15, 0.2) is 107 Å². The van der Waals surface area contributed by atoms with Gasteiger partial charge in [0, 0.05) is 39.9 Å². The average Bonchev–Trinajstić information content (AvgIpc) is 3.26. The third-order valence-corrected chi connectivity index (χ3v) is 7.90. The third kappa shape index (κ3) is 3.99. The molecule has 4 aromatic rings. The molecule has 2 unspecified atom stereocenters. The van der Waals surface area contributed by atoms with Gasteiger partial charge >= 0.3 is 0 Å². The van der Waals surface area contributed by atoms with Crippen LogP contribution in [0.4, 0.5) is 0 Å². The minimum Gasteiger partial charge on any atom is -0.456 e. The summed E-state index contributed by atoms with van der Waals surface area (Å²) >= 11 is 0. The standard InChI is InChI=1S/C34H32N2O/c1-6-30-25-11-9-8-10-24(25)26-14-12-23-18-34-29(28-17-22(20(3)4)13-15-33(28)37-34)19-27(23)31(7-2)35-21(5)16-32(26)36-30/h6-11,13,15,17-20,26,32H,1-2,5,12,14,16H2,3-4H3/b35-31-. The minimum absolute atomic E-state index is 0.0798. The molecule has 0 saturated heterocycles. The molecule has 0 radical (unpaired) electrons. The molecule has 1 aromatic heterocycles. The van der Waals surface area contributed by atoms with Crippen LogP contribution in [-0.2, 0) is 6.42 Å². The van der Waals surface area contributed by atoms with E-state index in [-0.39, 0.29) is 12.0 Å². The van der Waals surface area contributed by atoms with Crippen LogP contribution < -0.4 is 0 Å². The molecule has 0 spiro atoms. The summed E-state index contributed by atoms with van der Waals surface area (Å²) in [7, 11) is 0. The number of hydrogen-bond donors (Lipinski definition) is 0. The maximum atomic E-state index is 6.35. The predicted molar refractivity (Wildman–Crippen MR) is 156 cm³/mol. The summed E-state index contributed by atoms with van der Waals surface area (Å²) in [5.74, 6) is 0.736. The molecule has 0 amide bonds. The molecule has 2 aliphatic rings. The second-order valence-corrected chi connectivity index (χ2v) is 10.5. The molecule has 3 aromatic carbocycles. The van der Waals surface area contributed by atoms with E-state index in [1.165, 1.54) is 22.3 Å². The molecule has 0 aliphatic carbocycles. The smallest absolute Gasteiger partial charge is 0.135 e. The lowest BCUT2D eigenvalue weighted by Crippen LogP contribution is -2.27. The largest absolute Gasteiger partial charge is 0.456 e. The SMILES string of the molecule is C=CC1=NC2CC(=C)/N=C(/C=C)c3cc4c(cc3CCC2c2ccccc21)oc1ccc(C(C)C)cc14. The van der Waals surface area contributed by atoms with Gasteiger partial charge in [0.15, 0.2) is 0 Å². The van der Waals surface area contributed by atoms with Crippen LogP contribution in [0, 0.1) is 0 Å². The van der Waals surface area contributed by atoms with Crippen molar-refractivity contribution in [2.45, 2.75) is 51.0 Å². The number of allylic oxidation sites excluding steroid dienone is 2. The van der Waals surface area contributed by atoms with E-state index in [9.17, 15) is 0 Å². The summed E-state index contributed by atoms with van der Waals surface area (Å²) in [6.07, 6.45) is 6.30. The lowest BCUT2D eigenvalue weighted by Gasteiger charge is -2.32. The molecule has 184 valence electrons. The Morgan fingerprint density at radius 3 is 2.49 bits per heavy atom. The third-order valence-electron chi connectivity index (χ3n) is 7.90. The molecule has 2 atom stereocenters. The molecule has 37 heavy (non-hydrogen) atoms. The zero-order chi connectivity index (χ0) is 25.7. The van der Waals surface area contributed by atoms with E-state index in [1.54, 1.807) is 0 Å². The van der Waals surface area contributed by atoms with E-state index in [0.29, 0.717) is 12.3 Å². The Bertz CT molecular complexity index is 1650. The number of hydrogen-bond acceptors (Lipinski definition) is 3. The van der Waals surface area contributed by atoms with Crippen molar-refractivity contribution in [1.29, 1.82) is 0 Å². The molecule has 0 saturated carbocycles. The quantitative estimate of drug-likeness (QED) is 0.287. The number of benzene rings is 3. The number of rotatable bonds is 3. The Balaban J connectivity index is 1.52. The van der Waals surface area contributed by atoms with E-state index in [4.69, 9.17) is 14.4 Å². The Morgan fingerprint density at radius 2 is 1.70 bits per heavy atom. The van der Waals surface area contributed by atoms with Gasteiger partial charge in [-0.25, -0.2) is 0 Å². The van der Waals surface area contributed by atoms with Gasteiger partial charge in [0.1, 0.15) is 11.2 Å². The van der Waals surface area contributed by atoms with Crippen molar-refractivity contribution in [3.63, 3.8) is 0 Å². The van der Waals surface area contributed by atoms with Gasteiger partial charge in [0.25, 0.3) is 0 Å². The van der Waals surface area contributed by atoms with E-state index in [2.05, 4.69) is 88.2 Å². The summed E-state index contributed by atoms with van der Waals surface area (Å²) in [5, 5.41) is 2.27. The number of fused-ring (bicyclic) bond motifs is 7. The fraction of sp³-hybridized carbons (Fsp3) is 0.235. The lowest BCUT2D eigenvalue weighted by atomic mass is 9.78. The molecule has 6 rings (SSSR count). The van der Waals surface area contributed by atoms with Crippen LogP contribution in [-0.4, -0.2) is 17.5 Å². The first-order valence-corrected chi connectivity index (χ1v) is 13.1. The fourth-order valence-electron chi connectivity index (χ4n) is 5.97. The van der Waals surface area contributed by atoms with Crippen LogP contribution in [0.2, 0.25) is 0 Å². The van der Waals surface area contributed by atoms with Gasteiger partial charge in [-0.3, -0.25) is 9.98 Å².